The van der Waals surface area contributed by atoms with Gasteiger partial charge in [0.05, 0.1) is 5.56 Å². The number of carbonyl (C=O) groups is 2. The minimum Gasteiger partial charge on any atom is -0.449 e. The first kappa shape index (κ1) is 19.6. The van der Waals surface area contributed by atoms with Crippen LogP contribution < -0.4 is 4.90 Å². The summed E-state index contributed by atoms with van der Waals surface area (Å²) in [6.07, 6.45) is 1.54. The maximum atomic E-state index is 12.8. The highest BCUT2D eigenvalue weighted by molar-refractivity contribution is 5.93. The van der Waals surface area contributed by atoms with Crippen LogP contribution >= 0.6 is 0 Å². The molecule has 2 fully saturated rings. The molecule has 1 aliphatic heterocycles. The predicted molar refractivity (Wildman–Crippen MR) is 112 cm³/mol. The average Bonchev–Trinajstić information content (AvgIpc) is 3.52. The Morgan fingerprint density at radius 3 is 2.31 bits per heavy atom. The molecular weight excluding hydrogens is 366 g/mol. The molecule has 1 aromatic carbocycles. The molecule has 154 valence electrons. The molecule has 0 radical (unpaired) electrons. The van der Waals surface area contributed by atoms with Crippen LogP contribution in [0.2, 0.25) is 0 Å². The van der Waals surface area contributed by atoms with Crippen LogP contribution in [-0.4, -0.2) is 53.6 Å². The molecule has 6 nitrogen and oxygen atoms in total. The van der Waals surface area contributed by atoms with Gasteiger partial charge in [-0.3, -0.25) is 4.79 Å². The molecule has 4 rings (SSSR count). The summed E-state index contributed by atoms with van der Waals surface area (Å²) in [5.74, 6) is -0.532. The number of amides is 1. The molecule has 2 heterocycles. The van der Waals surface area contributed by atoms with E-state index in [2.05, 4.69) is 21.6 Å². The second-order valence-electron chi connectivity index (χ2n) is 8.08. The average molecular weight is 396 g/mol. The van der Waals surface area contributed by atoms with Crippen molar-refractivity contribution in [3.63, 3.8) is 0 Å². The smallest absolute Gasteiger partial charge is 0.340 e. The Hall–Kier alpha value is -2.76. The lowest BCUT2D eigenvalue weighted by Crippen LogP contribution is -2.51. The Labute approximate surface area is 172 Å². The molecule has 1 saturated heterocycles. The Bertz CT molecular complexity index is 894. The lowest BCUT2D eigenvalue weighted by atomic mass is 10.2. The number of esters is 1. The lowest BCUT2D eigenvalue weighted by molar-refractivity contribution is -0.140. The number of para-hydroxylation sites is 1. The molecular formula is C23H29N3O3. The van der Waals surface area contributed by atoms with E-state index < -0.39 is 12.1 Å². The molecule has 2 aromatic rings. The number of aromatic nitrogens is 1. The zero-order chi connectivity index (χ0) is 20.5. The summed E-state index contributed by atoms with van der Waals surface area (Å²) in [4.78, 5) is 29.6. The quantitative estimate of drug-likeness (QED) is 0.729. The van der Waals surface area contributed by atoms with Gasteiger partial charge in [-0.1, -0.05) is 18.2 Å². The second kappa shape index (κ2) is 7.93. The van der Waals surface area contributed by atoms with Gasteiger partial charge in [-0.25, -0.2) is 4.79 Å². The number of piperazine rings is 1. The third-order valence-electron chi connectivity index (χ3n) is 5.96. The van der Waals surface area contributed by atoms with E-state index in [-0.39, 0.29) is 5.91 Å². The Morgan fingerprint density at radius 1 is 1.03 bits per heavy atom. The molecule has 0 bridgehead atoms. The summed E-state index contributed by atoms with van der Waals surface area (Å²) < 4.78 is 7.77. The van der Waals surface area contributed by atoms with Gasteiger partial charge in [-0.15, -0.1) is 0 Å². The van der Waals surface area contributed by atoms with Crippen molar-refractivity contribution in [3.05, 3.63) is 53.3 Å². The molecule has 2 aliphatic rings. The normalized spacial score (nSPS) is 17.9. The van der Waals surface area contributed by atoms with Crippen molar-refractivity contribution in [1.29, 1.82) is 0 Å². The summed E-state index contributed by atoms with van der Waals surface area (Å²) in [6.45, 7) is 8.46. The summed E-state index contributed by atoms with van der Waals surface area (Å²) in [5.41, 5.74) is 3.76. The predicted octanol–water partition coefficient (Wildman–Crippen LogP) is 3.33. The van der Waals surface area contributed by atoms with E-state index in [0.29, 0.717) is 24.7 Å². The van der Waals surface area contributed by atoms with Gasteiger partial charge < -0.3 is 19.1 Å². The molecule has 0 unspecified atom stereocenters. The van der Waals surface area contributed by atoms with E-state index in [0.717, 1.165) is 37.3 Å². The first-order valence-corrected chi connectivity index (χ1v) is 10.4. The van der Waals surface area contributed by atoms with E-state index in [1.165, 1.54) is 5.69 Å². The number of aryl methyl sites for hydroxylation is 1. The van der Waals surface area contributed by atoms with Crippen molar-refractivity contribution < 1.29 is 14.3 Å². The molecule has 0 N–H and O–H groups in total. The fraction of sp³-hybridized carbons (Fsp3) is 0.478. The minimum atomic E-state index is -0.783. The molecule has 6 heteroatoms. The highest BCUT2D eigenvalue weighted by Gasteiger charge is 2.31. The van der Waals surface area contributed by atoms with E-state index in [1.807, 2.05) is 38.1 Å². The van der Waals surface area contributed by atoms with Crippen LogP contribution in [0, 0.1) is 13.8 Å². The van der Waals surface area contributed by atoms with Crippen LogP contribution in [0.15, 0.2) is 36.4 Å². The van der Waals surface area contributed by atoms with E-state index in [4.69, 9.17) is 4.74 Å². The first-order chi connectivity index (χ1) is 14.0. The van der Waals surface area contributed by atoms with Crippen molar-refractivity contribution >= 4 is 17.6 Å². The maximum absolute atomic E-state index is 12.8. The Balaban J connectivity index is 1.34. The number of hydrogen-bond acceptors (Lipinski definition) is 4. The third-order valence-corrected chi connectivity index (χ3v) is 5.96. The summed E-state index contributed by atoms with van der Waals surface area (Å²) >= 11 is 0. The van der Waals surface area contributed by atoms with Gasteiger partial charge in [-0.05, 0) is 51.8 Å². The van der Waals surface area contributed by atoms with Crippen LogP contribution in [0.3, 0.4) is 0 Å². The summed E-state index contributed by atoms with van der Waals surface area (Å²) in [5, 5.41) is 0. The monoisotopic (exact) mass is 395 g/mol. The number of ether oxygens (including phenoxy) is 1. The van der Waals surface area contributed by atoms with Crippen LogP contribution in [0.4, 0.5) is 5.69 Å². The van der Waals surface area contributed by atoms with Crippen LogP contribution in [-0.2, 0) is 9.53 Å². The van der Waals surface area contributed by atoms with Crippen molar-refractivity contribution in [3.8, 4) is 0 Å². The SMILES string of the molecule is Cc1cc(C(=O)O[C@H](C)C(=O)N2CCN(c3ccccc3)CC2)c(C)n1C1CC1. The van der Waals surface area contributed by atoms with Crippen LogP contribution in [0.1, 0.15) is 47.6 Å². The van der Waals surface area contributed by atoms with Gasteiger partial charge in [-0.2, -0.15) is 0 Å². The fourth-order valence-corrected chi connectivity index (χ4v) is 4.23. The molecule has 1 aromatic heterocycles. The van der Waals surface area contributed by atoms with Gasteiger partial charge >= 0.3 is 5.97 Å². The molecule has 1 saturated carbocycles. The summed E-state index contributed by atoms with van der Waals surface area (Å²) in [7, 11) is 0. The Morgan fingerprint density at radius 2 is 1.69 bits per heavy atom. The van der Waals surface area contributed by atoms with Crippen molar-refractivity contribution in [2.45, 2.75) is 45.8 Å². The fourth-order valence-electron chi connectivity index (χ4n) is 4.23. The number of hydrogen-bond donors (Lipinski definition) is 0. The van der Waals surface area contributed by atoms with Crippen molar-refractivity contribution in [2.75, 3.05) is 31.1 Å². The minimum absolute atomic E-state index is 0.123. The van der Waals surface area contributed by atoms with E-state index >= 15 is 0 Å². The molecule has 1 atom stereocenters. The zero-order valence-corrected chi connectivity index (χ0v) is 17.4. The number of benzene rings is 1. The Kier molecular flexibility index (Phi) is 5.35. The van der Waals surface area contributed by atoms with Crippen LogP contribution in [0.5, 0.6) is 0 Å². The molecule has 1 amide bonds. The topological polar surface area (TPSA) is 54.8 Å². The number of carbonyl (C=O) groups excluding carboxylic acids is 2. The van der Waals surface area contributed by atoms with Gasteiger partial charge in [0, 0.05) is 49.3 Å². The van der Waals surface area contributed by atoms with Crippen LogP contribution in [0.25, 0.3) is 0 Å². The number of rotatable bonds is 5. The lowest BCUT2D eigenvalue weighted by Gasteiger charge is -2.37. The molecule has 0 spiro atoms. The highest BCUT2D eigenvalue weighted by Crippen LogP contribution is 2.38. The zero-order valence-electron chi connectivity index (χ0n) is 17.4. The van der Waals surface area contributed by atoms with E-state index in [9.17, 15) is 9.59 Å². The van der Waals surface area contributed by atoms with Gasteiger partial charge in [0.1, 0.15) is 0 Å². The van der Waals surface area contributed by atoms with Gasteiger partial charge in [0.15, 0.2) is 6.10 Å². The highest BCUT2D eigenvalue weighted by atomic mass is 16.5. The van der Waals surface area contributed by atoms with Crippen molar-refractivity contribution in [1.82, 2.24) is 9.47 Å². The molecule has 29 heavy (non-hydrogen) atoms. The summed E-state index contributed by atoms with van der Waals surface area (Å²) in [6, 6.07) is 12.6. The number of nitrogens with zero attached hydrogens (tertiary/aromatic N) is 3. The number of anilines is 1. The van der Waals surface area contributed by atoms with Crippen molar-refractivity contribution in [2.24, 2.45) is 0 Å². The standard InChI is InChI=1S/C23H29N3O3/c1-16-15-21(17(2)26(16)20-9-10-20)23(28)29-18(3)22(27)25-13-11-24(12-14-25)19-7-5-4-6-8-19/h4-8,15,18,20H,9-14H2,1-3H3/t18-/m1/s1. The van der Waals surface area contributed by atoms with E-state index in [1.54, 1.807) is 11.8 Å². The maximum Gasteiger partial charge on any atom is 0.340 e. The molecule has 1 aliphatic carbocycles. The van der Waals surface area contributed by atoms with Gasteiger partial charge in [0.2, 0.25) is 0 Å². The largest absolute Gasteiger partial charge is 0.449 e. The first-order valence-electron chi connectivity index (χ1n) is 10.4. The second-order valence-corrected chi connectivity index (χ2v) is 8.08. The third kappa shape index (κ3) is 4.02. The van der Waals surface area contributed by atoms with Gasteiger partial charge in [0.25, 0.3) is 5.91 Å².